The van der Waals surface area contributed by atoms with Gasteiger partial charge >= 0.3 is 0 Å². The number of rotatable bonds is 4. The van der Waals surface area contributed by atoms with Gasteiger partial charge in [-0.15, -0.1) is 11.3 Å². The summed E-state index contributed by atoms with van der Waals surface area (Å²) in [5.74, 6) is -0.838. The predicted octanol–water partition coefficient (Wildman–Crippen LogP) is 4.23. The molecule has 5 heteroatoms. The molecule has 1 aromatic carbocycles. The summed E-state index contributed by atoms with van der Waals surface area (Å²) in [4.78, 5) is 15.6. The van der Waals surface area contributed by atoms with Gasteiger partial charge in [-0.3, -0.25) is 4.79 Å². The Bertz CT molecular complexity index is 651. The van der Waals surface area contributed by atoms with Gasteiger partial charge in [-0.05, 0) is 43.3 Å². The fourth-order valence-electron chi connectivity index (χ4n) is 2.76. The lowest BCUT2D eigenvalue weighted by molar-refractivity contribution is -0.117. The Hall–Kier alpha value is -1.88. The van der Waals surface area contributed by atoms with Crippen molar-refractivity contribution in [3.8, 4) is 0 Å². The van der Waals surface area contributed by atoms with Crippen molar-refractivity contribution in [2.45, 2.75) is 25.7 Å². The second-order valence-electron chi connectivity index (χ2n) is 5.55. The van der Waals surface area contributed by atoms with E-state index in [4.69, 9.17) is 0 Å². The first kappa shape index (κ1) is 15.0. The largest absolute Gasteiger partial charge is 0.370 e. The number of anilines is 2. The van der Waals surface area contributed by atoms with Crippen LogP contribution >= 0.6 is 11.3 Å². The van der Waals surface area contributed by atoms with Crippen LogP contribution in [-0.2, 0) is 4.79 Å². The number of hydrogen-bond acceptors (Lipinski definition) is 3. The van der Waals surface area contributed by atoms with E-state index in [-0.39, 0.29) is 17.6 Å². The molecular weight excluding hydrogens is 299 g/mol. The number of carbonyl (C=O) groups excluding carboxylic acids is 1. The highest BCUT2D eigenvalue weighted by atomic mass is 32.1. The molecule has 2 heterocycles. The number of halogens is 1. The van der Waals surface area contributed by atoms with Gasteiger partial charge in [-0.1, -0.05) is 12.1 Å². The zero-order valence-corrected chi connectivity index (χ0v) is 13.3. The van der Waals surface area contributed by atoms with Gasteiger partial charge in [0.1, 0.15) is 11.5 Å². The summed E-state index contributed by atoms with van der Waals surface area (Å²) in [6, 6.07) is 8.81. The maximum Gasteiger partial charge on any atom is 0.232 e. The van der Waals surface area contributed by atoms with Crippen LogP contribution in [0.1, 0.15) is 30.6 Å². The van der Waals surface area contributed by atoms with Crippen LogP contribution in [0.5, 0.6) is 0 Å². The van der Waals surface area contributed by atoms with Crippen LogP contribution in [-0.4, -0.2) is 19.0 Å². The zero-order chi connectivity index (χ0) is 15.5. The van der Waals surface area contributed by atoms with Crippen molar-refractivity contribution in [2.24, 2.45) is 0 Å². The number of carbonyl (C=O) groups is 1. The molecule has 2 aromatic rings. The Morgan fingerprint density at radius 1 is 1.27 bits per heavy atom. The first-order chi connectivity index (χ1) is 10.7. The summed E-state index contributed by atoms with van der Waals surface area (Å²) in [6.07, 6.45) is 2.21. The average Bonchev–Trinajstić information content (AvgIpc) is 3.21. The number of thiophene rings is 1. The van der Waals surface area contributed by atoms with Gasteiger partial charge in [0.2, 0.25) is 5.91 Å². The third-order valence-corrected chi connectivity index (χ3v) is 5.10. The molecule has 22 heavy (non-hydrogen) atoms. The van der Waals surface area contributed by atoms with Gasteiger partial charge < -0.3 is 10.2 Å². The minimum Gasteiger partial charge on any atom is -0.370 e. The quantitative estimate of drug-likeness (QED) is 0.915. The molecule has 0 spiro atoms. The molecular formula is C17H19FN2OS. The second kappa shape index (κ2) is 6.48. The van der Waals surface area contributed by atoms with Gasteiger partial charge in [0.05, 0.1) is 11.6 Å². The van der Waals surface area contributed by atoms with E-state index in [0.29, 0.717) is 5.69 Å². The number of benzene rings is 1. The van der Waals surface area contributed by atoms with E-state index < -0.39 is 0 Å². The molecule has 1 amide bonds. The Labute approximate surface area is 133 Å². The summed E-state index contributed by atoms with van der Waals surface area (Å²) in [5.41, 5.74) is 1.09. The fraction of sp³-hybridized carbons (Fsp3) is 0.353. The fourth-order valence-corrected chi connectivity index (χ4v) is 3.54. The monoisotopic (exact) mass is 318 g/mol. The summed E-state index contributed by atoms with van der Waals surface area (Å²) >= 11 is 1.54. The SMILES string of the molecule is C[C@H](C(=O)Nc1c(F)cccc1N1CCCC1)c1cccs1. The molecule has 1 atom stereocenters. The summed E-state index contributed by atoms with van der Waals surface area (Å²) < 4.78 is 14.2. The molecule has 0 bridgehead atoms. The third kappa shape index (κ3) is 2.99. The maximum absolute atomic E-state index is 14.2. The van der Waals surface area contributed by atoms with Gasteiger partial charge in [0.15, 0.2) is 0 Å². The Kier molecular flexibility index (Phi) is 4.43. The molecule has 1 N–H and O–H groups in total. The first-order valence-electron chi connectivity index (χ1n) is 7.54. The molecule has 0 unspecified atom stereocenters. The van der Waals surface area contributed by atoms with Crippen molar-refractivity contribution >= 4 is 28.6 Å². The molecule has 0 radical (unpaired) electrons. The highest BCUT2D eigenvalue weighted by Gasteiger charge is 2.22. The van der Waals surface area contributed by atoms with E-state index in [0.717, 1.165) is 36.5 Å². The van der Waals surface area contributed by atoms with Gasteiger partial charge in [0, 0.05) is 18.0 Å². The smallest absolute Gasteiger partial charge is 0.232 e. The molecule has 1 aliphatic rings. The summed E-state index contributed by atoms with van der Waals surface area (Å²) in [6.45, 7) is 3.66. The topological polar surface area (TPSA) is 32.3 Å². The molecule has 3 nitrogen and oxygen atoms in total. The minimum absolute atomic E-state index is 0.173. The predicted molar refractivity (Wildman–Crippen MR) is 89.2 cm³/mol. The lowest BCUT2D eigenvalue weighted by Crippen LogP contribution is -2.24. The summed E-state index contributed by atoms with van der Waals surface area (Å²) in [7, 11) is 0. The standard InChI is InChI=1S/C17H19FN2OS/c1-12(15-8-5-11-22-15)17(21)19-16-13(18)6-4-7-14(16)20-9-2-3-10-20/h4-8,11-12H,2-3,9-10H2,1H3,(H,19,21)/t12-/m0/s1. The second-order valence-corrected chi connectivity index (χ2v) is 6.53. The van der Waals surface area contributed by atoms with Crippen LogP contribution in [0.2, 0.25) is 0 Å². The minimum atomic E-state index is -0.379. The normalized spacial score (nSPS) is 15.8. The van der Waals surface area contributed by atoms with E-state index >= 15 is 0 Å². The van der Waals surface area contributed by atoms with Crippen molar-refractivity contribution in [2.75, 3.05) is 23.3 Å². The van der Waals surface area contributed by atoms with Crippen molar-refractivity contribution < 1.29 is 9.18 Å². The van der Waals surface area contributed by atoms with Crippen molar-refractivity contribution in [3.63, 3.8) is 0 Å². The van der Waals surface area contributed by atoms with Crippen LogP contribution < -0.4 is 10.2 Å². The van der Waals surface area contributed by atoms with Crippen molar-refractivity contribution in [1.82, 2.24) is 0 Å². The van der Waals surface area contributed by atoms with Crippen LogP contribution in [0.15, 0.2) is 35.7 Å². The number of amides is 1. The number of para-hydroxylation sites is 1. The Morgan fingerprint density at radius 2 is 2.05 bits per heavy atom. The highest BCUT2D eigenvalue weighted by molar-refractivity contribution is 7.10. The highest BCUT2D eigenvalue weighted by Crippen LogP contribution is 2.32. The van der Waals surface area contributed by atoms with Gasteiger partial charge in [-0.25, -0.2) is 4.39 Å². The molecule has 0 aliphatic carbocycles. The molecule has 0 saturated carbocycles. The van der Waals surface area contributed by atoms with E-state index in [1.54, 1.807) is 6.07 Å². The van der Waals surface area contributed by atoms with E-state index in [9.17, 15) is 9.18 Å². The molecule has 1 aliphatic heterocycles. The molecule has 3 rings (SSSR count). The Balaban J connectivity index is 1.83. The molecule has 1 saturated heterocycles. The van der Waals surface area contributed by atoms with Gasteiger partial charge in [-0.2, -0.15) is 0 Å². The lowest BCUT2D eigenvalue weighted by Gasteiger charge is -2.22. The molecule has 1 aromatic heterocycles. The van der Waals surface area contributed by atoms with Crippen LogP contribution in [0.4, 0.5) is 15.8 Å². The summed E-state index contributed by atoms with van der Waals surface area (Å²) in [5, 5.41) is 4.74. The number of hydrogen-bond donors (Lipinski definition) is 1. The number of nitrogens with zero attached hydrogens (tertiary/aromatic N) is 1. The average molecular weight is 318 g/mol. The Morgan fingerprint density at radius 3 is 2.73 bits per heavy atom. The van der Waals surface area contributed by atoms with Crippen LogP contribution in [0.25, 0.3) is 0 Å². The zero-order valence-electron chi connectivity index (χ0n) is 12.5. The van der Waals surface area contributed by atoms with Crippen molar-refractivity contribution in [1.29, 1.82) is 0 Å². The van der Waals surface area contributed by atoms with E-state index in [1.165, 1.54) is 17.4 Å². The van der Waals surface area contributed by atoms with E-state index in [2.05, 4.69) is 10.2 Å². The van der Waals surface area contributed by atoms with Crippen LogP contribution in [0.3, 0.4) is 0 Å². The maximum atomic E-state index is 14.2. The van der Waals surface area contributed by atoms with E-state index in [1.807, 2.05) is 30.5 Å². The number of nitrogens with one attached hydrogen (secondary N) is 1. The molecule has 1 fully saturated rings. The first-order valence-corrected chi connectivity index (χ1v) is 8.42. The van der Waals surface area contributed by atoms with Crippen molar-refractivity contribution in [3.05, 3.63) is 46.4 Å². The van der Waals surface area contributed by atoms with Gasteiger partial charge in [0.25, 0.3) is 0 Å². The molecule has 116 valence electrons. The van der Waals surface area contributed by atoms with Crippen LogP contribution in [0, 0.1) is 5.82 Å². The third-order valence-electron chi connectivity index (χ3n) is 4.05. The lowest BCUT2D eigenvalue weighted by atomic mass is 10.1.